The molecule has 0 radical (unpaired) electrons. The monoisotopic (exact) mass is 292 g/mol. The average Bonchev–Trinajstić information content (AvgIpc) is 2.48. The maximum atomic E-state index is 12.3. The summed E-state index contributed by atoms with van der Waals surface area (Å²) in [6, 6.07) is 6.18. The van der Waals surface area contributed by atoms with E-state index in [0.29, 0.717) is 24.7 Å². The molecule has 0 atom stereocenters. The number of nitrogens with one attached hydrogen (secondary N) is 1. The van der Waals surface area contributed by atoms with Gasteiger partial charge in [-0.2, -0.15) is 0 Å². The number of carbonyl (C=O) groups is 2. The molecule has 0 spiro atoms. The van der Waals surface area contributed by atoms with Crippen molar-refractivity contribution in [1.82, 2.24) is 4.90 Å². The molecule has 0 aliphatic heterocycles. The quantitative estimate of drug-likeness (QED) is 0.805. The fourth-order valence-electron chi connectivity index (χ4n) is 2.19. The van der Waals surface area contributed by atoms with Gasteiger partial charge < -0.3 is 15.3 Å². The summed E-state index contributed by atoms with van der Waals surface area (Å²) in [6.45, 7) is 7.42. The van der Waals surface area contributed by atoms with Crippen LogP contribution >= 0.6 is 0 Å². The fourth-order valence-corrected chi connectivity index (χ4v) is 2.19. The van der Waals surface area contributed by atoms with Gasteiger partial charge in [0.25, 0.3) is 0 Å². The number of carbonyl (C=O) groups excluding carboxylic acids is 1. The molecule has 0 saturated carbocycles. The molecule has 0 saturated heterocycles. The molecule has 1 aromatic rings. The standard InChI is InChI=1S/C16H24N2O3/c1-4-12(5-2)11-18(6-3)16(21)17-14-10-8-7-9-13(14)15(19)20/h7-10,12H,4-6,11H2,1-3H3,(H,17,21)(H,19,20). The van der Waals surface area contributed by atoms with Crippen LogP contribution in [0.15, 0.2) is 24.3 Å². The van der Waals surface area contributed by atoms with Gasteiger partial charge in [0.15, 0.2) is 0 Å². The molecule has 0 aromatic heterocycles. The van der Waals surface area contributed by atoms with Crippen LogP contribution in [0.25, 0.3) is 0 Å². The molecule has 0 bridgehead atoms. The fraction of sp³-hybridized carbons (Fsp3) is 0.500. The lowest BCUT2D eigenvalue weighted by Crippen LogP contribution is -2.38. The van der Waals surface area contributed by atoms with Gasteiger partial charge in [-0.25, -0.2) is 9.59 Å². The van der Waals surface area contributed by atoms with Crippen LogP contribution in [0.1, 0.15) is 44.0 Å². The summed E-state index contributed by atoms with van der Waals surface area (Å²) < 4.78 is 0. The highest BCUT2D eigenvalue weighted by molar-refractivity contribution is 5.99. The van der Waals surface area contributed by atoms with Crippen molar-refractivity contribution >= 4 is 17.7 Å². The molecule has 2 amide bonds. The van der Waals surface area contributed by atoms with Crippen molar-refractivity contribution < 1.29 is 14.7 Å². The summed E-state index contributed by atoms with van der Waals surface area (Å²) in [6.07, 6.45) is 2.04. The molecule has 0 aliphatic carbocycles. The Kier molecular flexibility index (Phi) is 6.72. The third kappa shape index (κ3) is 4.77. The number of para-hydroxylation sites is 1. The number of amides is 2. The van der Waals surface area contributed by atoms with E-state index >= 15 is 0 Å². The highest BCUT2D eigenvalue weighted by Gasteiger charge is 2.18. The number of rotatable bonds is 7. The van der Waals surface area contributed by atoms with Crippen LogP contribution in [0, 0.1) is 5.92 Å². The number of aromatic carboxylic acids is 1. The lowest BCUT2D eigenvalue weighted by molar-refractivity contribution is 0.0698. The van der Waals surface area contributed by atoms with E-state index in [4.69, 9.17) is 5.11 Å². The zero-order valence-corrected chi connectivity index (χ0v) is 12.9. The van der Waals surface area contributed by atoms with Gasteiger partial charge in [-0.15, -0.1) is 0 Å². The van der Waals surface area contributed by atoms with E-state index in [1.807, 2.05) is 6.92 Å². The molecule has 116 valence electrons. The summed E-state index contributed by atoms with van der Waals surface area (Å²) in [5.41, 5.74) is 0.433. The molecule has 0 unspecified atom stereocenters. The van der Waals surface area contributed by atoms with Crippen LogP contribution < -0.4 is 5.32 Å². The Bertz CT molecular complexity index is 484. The topological polar surface area (TPSA) is 69.6 Å². The molecule has 0 fully saturated rings. The molecule has 5 nitrogen and oxygen atoms in total. The van der Waals surface area contributed by atoms with Crippen LogP contribution in [-0.4, -0.2) is 35.1 Å². The summed E-state index contributed by atoms with van der Waals surface area (Å²) in [5, 5.41) is 11.8. The minimum Gasteiger partial charge on any atom is -0.478 e. The SMILES string of the molecule is CCC(CC)CN(CC)C(=O)Nc1ccccc1C(=O)O. The van der Waals surface area contributed by atoms with E-state index < -0.39 is 5.97 Å². The predicted molar refractivity (Wildman–Crippen MR) is 83.7 cm³/mol. The first kappa shape index (κ1) is 17.0. The summed E-state index contributed by atoms with van der Waals surface area (Å²) in [5.74, 6) is -0.584. The Morgan fingerprint density at radius 1 is 1.19 bits per heavy atom. The van der Waals surface area contributed by atoms with Crippen molar-refractivity contribution in [2.75, 3.05) is 18.4 Å². The molecule has 21 heavy (non-hydrogen) atoms. The Morgan fingerprint density at radius 2 is 1.81 bits per heavy atom. The van der Waals surface area contributed by atoms with Gasteiger partial charge >= 0.3 is 12.0 Å². The van der Waals surface area contributed by atoms with Gasteiger partial charge in [0.1, 0.15) is 0 Å². The van der Waals surface area contributed by atoms with Crippen LogP contribution in [0.3, 0.4) is 0 Å². The van der Waals surface area contributed by atoms with E-state index in [1.165, 1.54) is 6.07 Å². The third-order valence-corrected chi connectivity index (χ3v) is 3.70. The van der Waals surface area contributed by atoms with E-state index in [2.05, 4.69) is 19.2 Å². The Labute approximate surface area is 126 Å². The number of hydrogen-bond acceptors (Lipinski definition) is 2. The lowest BCUT2D eigenvalue weighted by Gasteiger charge is -2.26. The van der Waals surface area contributed by atoms with Crippen LogP contribution in [0.2, 0.25) is 0 Å². The number of benzene rings is 1. The molecule has 2 N–H and O–H groups in total. The third-order valence-electron chi connectivity index (χ3n) is 3.70. The largest absolute Gasteiger partial charge is 0.478 e. The minimum atomic E-state index is -1.05. The second-order valence-electron chi connectivity index (χ2n) is 5.00. The van der Waals surface area contributed by atoms with Crippen LogP contribution in [0.4, 0.5) is 10.5 Å². The predicted octanol–water partition coefficient (Wildman–Crippen LogP) is 3.67. The van der Waals surface area contributed by atoms with Gasteiger partial charge in [0.05, 0.1) is 11.3 Å². The normalized spacial score (nSPS) is 10.5. The molecular weight excluding hydrogens is 268 g/mol. The number of nitrogens with zero attached hydrogens (tertiary/aromatic N) is 1. The molecule has 5 heteroatoms. The van der Waals surface area contributed by atoms with Crippen LogP contribution in [-0.2, 0) is 0 Å². The van der Waals surface area contributed by atoms with Crippen molar-refractivity contribution in [3.05, 3.63) is 29.8 Å². The maximum absolute atomic E-state index is 12.3. The molecular formula is C16H24N2O3. The van der Waals surface area contributed by atoms with Gasteiger partial charge in [-0.05, 0) is 25.0 Å². The molecule has 1 aromatic carbocycles. The number of urea groups is 1. The lowest BCUT2D eigenvalue weighted by atomic mass is 10.0. The Hall–Kier alpha value is -2.04. The minimum absolute atomic E-state index is 0.101. The smallest absolute Gasteiger partial charge is 0.337 e. The van der Waals surface area contributed by atoms with E-state index in [1.54, 1.807) is 23.1 Å². The molecule has 0 aliphatic rings. The van der Waals surface area contributed by atoms with Gasteiger partial charge in [0, 0.05) is 13.1 Å². The van der Waals surface area contributed by atoms with Crippen molar-refractivity contribution in [2.45, 2.75) is 33.6 Å². The summed E-state index contributed by atoms with van der Waals surface area (Å²) in [4.78, 5) is 25.2. The maximum Gasteiger partial charge on any atom is 0.337 e. The zero-order valence-electron chi connectivity index (χ0n) is 12.9. The van der Waals surface area contributed by atoms with Gasteiger partial charge in [-0.1, -0.05) is 38.8 Å². The Balaban J connectivity index is 2.81. The highest BCUT2D eigenvalue weighted by Crippen LogP contribution is 2.16. The number of carboxylic acids is 1. The van der Waals surface area contributed by atoms with Crippen molar-refractivity contribution in [2.24, 2.45) is 5.92 Å². The number of carboxylic acid groups (broad SMARTS) is 1. The average molecular weight is 292 g/mol. The zero-order chi connectivity index (χ0) is 15.8. The number of anilines is 1. The van der Waals surface area contributed by atoms with Crippen LogP contribution in [0.5, 0.6) is 0 Å². The first-order valence-electron chi connectivity index (χ1n) is 7.41. The second-order valence-corrected chi connectivity index (χ2v) is 5.00. The first-order valence-corrected chi connectivity index (χ1v) is 7.41. The van der Waals surface area contributed by atoms with E-state index in [9.17, 15) is 9.59 Å². The first-order chi connectivity index (χ1) is 10.0. The van der Waals surface area contributed by atoms with Gasteiger partial charge in [-0.3, -0.25) is 0 Å². The molecule has 0 heterocycles. The second kappa shape index (κ2) is 8.29. The summed E-state index contributed by atoms with van der Waals surface area (Å²) >= 11 is 0. The highest BCUT2D eigenvalue weighted by atomic mass is 16.4. The van der Waals surface area contributed by atoms with Crippen molar-refractivity contribution in [3.63, 3.8) is 0 Å². The number of hydrogen-bond donors (Lipinski definition) is 2. The molecule has 1 rings (SSSR count). The Morgan fingerprint density at radius 3 is 2.33 bits per heavy atom. The summed E-state index contributed by atoms with van der Waals surface area (Å²) in [7, 11) is 0. The van der Waals surface area contributed by atoms with E-state index in [0.717, 1.165) is 12.8 Å². The van der Waals surface area contributed by atoms with Crippen molar-refractivity contribution in [1.29, 1.82) is 0 Å². The van der Waals surface area contributed by atoms with Gasteiger partial charge in [0.2, 0.25) is 0 Å². The van der Waals surface area contributed by atoms with Crippen molar-refractivity contribution in [3.8, 4) is 0 Å². The van der Waals surface area contributed by atoms with E-state index in [-0.39, 0.29) is 11.6 Å².